The minimum Gasteiger partial charge on any atom is -0.323 e. The Morgan fingerprint density at radius 1 is 1.17 bits per heavy atom. The summed E-state index contributed by atoms with van der Waals surface area (Å²) < 4.78 is 0. The van der Waals surface area contributed by atoms with E-state index in [2.05, 4.69) is 16.8 Å². The third-order valence-electron chi connectivity index (χ3n) is 3.42. The number of hydrogen-bond acceptors (Lipinski definition) is 3. The van der Waals surface area contributed by atoms with E-state index in [0.717, 1.165) is 38.3 Å². The Labute approximate surface area is 118 Å². The van der Waals surface area contributed by atoms with Crippen molar-refractivity contribution in [1.29, 1.82) is 0 Å². The number of benzene rings is 1. The molecule has 1 heterocycles. The van der Waals surface area contributed by atoms with E-state index < -0.39 is 0 Å². The van der Waals surface area contributed by atoms with E-state index >= 15 is 0 Å². The first-order chi connectivity index (χ1) is 8.56. The molecule has 0 radical (unpaired) electrons. The Bertz CT molecular complexity index is 403. The molecular weight excluding hydrogens is 269 g/mol. The Hall–Kier alpha value is -0.320. The highest BCUT2D eigenvalue weighted by Crippen LogP contribution is 2.25. The monoisotopic (exact) mass is 287 g/mol. The van der Waals surface area contributed by atoms with E-state index in [-0.39, 0.29) is 6.04 Å². The Morgan fingerprint density at radius 2 is 1.83 bits per heavy atom. The highest BCUT2D eigenvalue weighted by Gasteiger charge is 2.17. The zero-order valence-electron chi connectivity index (χ0n) is 10.6. The lowest BCUT2D eigenvalue weighted by Gasteiger charge is -2.33. The summed E-state index contributed by atoms with van der Waals surface area (Å²) in [5, 5.41) is 1.15. The van der Waals surface area contributed by atoms with Gasteiger partial charge in [-0.05, 0) is 24.7 Å². The van der Waals surface area contributed by atoms with Crippen LogP contribution in [0.25, 0.3) is 0 Å². The largest absolute Gasteiger partial charge is 0.323 e. The van der Waals surface area contributed by atoms with Crippen molar-refractivity contribution in [1.82, 2.24) is 9.80 Å². The minimum absolute atomic E-state index is 0.0110. The van der Waals surface area contributed by atoms with Gasteiger partial charge in [0, 0.05) is 38.8 Å². The summed E-state index contributed by atoms with van der Waals surface area (Å²) in [6, 6.07) is 5.62. The molecule has 0 saturated carbocycles. The molecule has 5 heteroatoms. The molecule has 1 unspecified atom stereocenters. The van der Waals surface area contributed by atoms with Crippen molar-refractivity contribution >= 4 is 23.2 Å². The molecule has 18 heavy (non-hydrogen) atoms. The average molecular weight is 288 g/mol. The quantitative estimate of drug-likeness (QED) is 0.926. The maximum Gasteiger partial charge on any atom is 0.0595 e. The second-order valence-corrected chi connectivity index (χ2v) is 5.70. The van der Waals surface area contributed by atoms with Crippen LogP contribution in [-0.4, -0.2) is 49.6 Å². The highest BCUT2D eigenvalue weighted by molar-refractivity contribution is 6.42. The highest BCUT2D eigenvalue weighted by atomic mass is 35.5. The van der Waals surface area contributed by atoms with Crippen molar-refractivity contribution in [2.45, 2.75) is 6.04 Å². The summed E-state index contributed by atoms with van der Waals surface area (Å²) in [6.45, 7) is 5.23. The van der Waals surface area contributed by atoms with Crippen LogP contribution in [0, 0.1) is 0 Å². The summed E-state index contributed by atoms with van der Waals surface area (Å²) in [5.74, 6) is 0. The zero-order chi connectivity index (χ0) is 13.1. The molecule has 2 N–H and O–H groups in total. The molecule has 0 bridgehead atoms. The first-order valence-electron chi connectivity index (χ1n) is 6.17. The van der Waals surface area contributed by atoms with Crippen molar-refractivity contribution in [2.24, 2.45) is 5.73 Å². The van der Waals surface area contributed by atoms with Crippen LogP contribution in [0.15, 0.2) is 18.2 Å². The first-order valence-corrected chi connectivity index (χ1v) is 6.93. The van der Waals surface area contributed by atoms with E-state index in [9.17, 15) is 0 Å². The fourth-order valence-corrected chi connectivity index (χ4v) is 2.46. The summed E-state index contributed by atoms with van der Waals surface area (Å²) in [4.78, 5) is 4.73. The Kier molecular flexibility index (Phi) is 4.87. The van der Waals surface area contributed by atoms with Gasteiger partial charge in [-0.1, -0.05) is 29.3 Å². The molecule has 0 spiro atoms. The van der Waals surface area contributed by atoms with Crippen molar-refractivity contribution < 1.29 is 0 Å². The Balaban J connectivity index is 1.94. The van der Waals surface area contributed by atoms with Gasteiger partial charge in [0.25, 0.3) is 0 Å². The van der Waals surface area contributed by atoms with Gasteiger partial charge in [-0.15, -0.1) is 0 Å². The summed E-state index contributed by atoms with van der Waals surface area (Å²) in [6.07, 6.45) is 0. The molecule has 100 valence electrons. The first kappa shape index (κ1) is 14.1. The van der Waals surface area contributed by atoms with Crippen LogP contribution < -0.4 is 5.73 Å². The fraction of sp³-hybridized carbons (Fsp3) is 0.538. The molecule has 2 rings (SSSR count). The molecule has 1 fully saturated rings. The lowest BCUT2D eigenvalue weighted by molar-refractivity contribution is 0.147. The predicted octanol–water partition coefficient (Wildman–Crippen LogP) is 2.24. The van der Waals surface area contributed by atoms with Gasteiger partial charge >= 0.3 is 0 Å². The maximum atomic E-state index is 6.22. The third-order valence-corrected chi connectivity index (χ3v) is 4.16. The number of rotatable bonds is 3. The van der Waals surface area contributed by atoms with Crippen LogP contribution in [0.1, 0.15) is 11.6 Å². The fourth-order valence-electron chi connectivity index (χ4n) is 2.16. The predicted molar refractivity (Wildman–Crippen MR) is 77.3 cm³/mol. The number of nitrogens with two attached hydrogens (primary N) is 1. The Morgan fingerprint density at radius 3 is 2.44 bits per heavy atom. The standard InChI is InChI=1S/C13H19Cl2N3/c1-17-4-6-18(7-5-17)9-13(16)10-2-3-11(14)12(15)8-10/h2-3,8,13H,4-7,9,16H2,1H3. The zero-order valence-corrected chi connectivity index (χ0v) is 12.1. The number of likely N-dealkylation sites (N-methyl/N-ethyl adjacent to an activating group) is 1. The number of piperazine rings is 1. The second-order valence-electron chi connectivity index (χ2n) is 4.88. The van der Waals surface area contributed by atoms with Crippen molar-refractivity contribution in [3.63, 3.8) is 0 Å². The molecule has 1 aliphatic heterocycles. The van der Waals surface area contributed by atoms with Crippen molar-refractivity contribution in [3.8, 4) is 0 Å². The molecule has 1 atom stereocenters. The van der Waals surface area contributed by atoms with Gasteiger partial charge in [0.05, 0.1) is 10.0 Å². The summed E-state index contributed by atoms with van der Waals surface area (Å²) >= 11 is 11.9. The van der Waals surface area contributed by atoms with Gasteiger partial charge in [-0.2, -0.15) is 0 Å². The van der Waals surface area contributed by atoms with E-state index in [0.29, 0.717) is 10.0 Å². The number of halogens is 2. The normalized spacial score (nSPS) is 20.0. The smallest absolute Gasteiger partial charge is 0.0595 e. The minimum atomic E-state index is -0.0110. The molecular formula is C13H19Cl2N3. The van der Waals surface area contributed by atoms with Crippen LogP contribution >= 0.6 is 23.2 Å². The van der Waals surface area contributed by atoms with Crippen molar-refractivity contribution in [3.05, 3.63) is 33.8 Å². The molecule has 0 aliphatic carbocycles. The van der Waals surface area contributed by atoms with E-state index in [1.165, 1.54) is 0 Å². The molecule has 1 aliphatic rings. The van der Waals surface area contributed by atoms with Gasteiger partial charge in [0.2, 0.25) is 0 Å². The molecule has 1 aromatic rings. The van der Waals surface area contributed by atoms with Gasteiger partial charge in [0.1, 0.15) is 0 Å². The number of nitrogens with zero attached hydrogens (tertiary/aromatic N) is 2. The van der Waals surface area contributed by atoms with Crippen LogP contribution in [0.5, 0.6) is 0 Å². The molecule has 3 nitrogen and oxygen atoms in total. The van der Waals surface area contributed by atoms with E-state index in [1.807, 2.05) is 18.2 Å². The number of hydrogen-bond donors (Lipinski definition) is 1. The molecule has 1 aromatic carbocycles. The van der Waals surface area contributed by atoms with Gasteiger partial charge in [-0.25, -0.2) is 0 Å². The SMILES string of the molecule is CN1CCN(CC(N)c2ccc(Cl)c(Cl)c2)CC1. The van der Waals surface area contributed by atoms with Gasteiger partial charge < -0.3 is 10.6 Å². The second kappa shape index (κ2) is 6.22. The third kappa shape index (κ3) is 3.59. The summed E-state index contributed by atoms with van der Waals surface area (Å²) in [5.41, 5.74) is 7.27. The molecule has 1 saturated heterocycles. The summed E-state index contributed by atoms with van der Waals surface area (Å²) in [7, 11) is 2.15. The topological polar surface area (TPSA) is 32.5 Å². The van der Waals surface area contributed by atoms with Crippen LogP contribution in [0.4, 0.5) is 0 Å². The molecule has 0 amide bonds. The van der Waals surface area contributed by atoms with Crippen molar-refractivity contribution in [2.75, 3.05) is 39.8 Å². The van der Waals surface area contributed by atoms with E-state index in [4.69, 9.17) is 28.9 Å². The lowest BCUT2D eigenvalue weighted by atomic mass is 10.1. The molecule has 0 aromatic heterocycles. The van der Waals surface area contributed by atoms with Crippen LogP contribution in [0.3, 0.4) is 0 Å². The lowest BCUT2D eigenvalue weighted by Crippen LogP contribution is -2.46. The van der Waals surface area contributed by atoms with Gasteiger partial charge in [-0.3, -0.25) is 4.90 Å². The van der Waals surface area contributed by atoms with Crippen LogP contribution in [0.2, 0.25) is 10.0 Å². The average Bonchev–Trinajstić information content (AvgIpc) is 2.35. The van der Waals surface area contributed by atoms with Crippen LogP contribution in [-0.2, 0) is 0 Å². The van der Waals surface area contributed by atoms with Gasteiger partial charge in [0.15, 0.2) is 0 Å². The van der Waals surface area contributed by atoms with E-state index in [1.54, 1.807) is 0 Å². The maximum absolute atomic E-state index is 6.22.